The number of amides is 2. The van der Waals surface area contributed by atoms with Crippen LogP contribution in [0.1, 0.15) is 50.2 Å². The van der Waals surface area contributed by atoms with Gasteiger partial charge in [-0.3, -0.25) is 4.79 Å². The van der Waals surface area contributed by atoms with Crippen molar-refractivity contribution in [3.05, 3.63) is 59.7 Å². The van der Waals surface area contributed by atoms with Crippen LogP contribution in [0, 0.1) is 5.92 Å². The Hall–Kier alpha value is -3.39. The molecule has 3 unspecified atom stereocenters. The van der Waals surface area contributed by atoms with Crippen LogP contribution in [0.2, 0.25) is 0 Å². The highest BCUT2D eigenvalue weighted by molar-refractivity contribution is 5.87. The summed E-state index contributed by atoms with van der Waals surface area (Å²) in [4.78, 5) is 37.1. The average Bonchev–Trinajstić information content (AvgIpc) is 3.43. The summed E-state index contributed by atoms with van der Waals surface area (Å²) >= 11 is 0. The quantitative estimate of drug-likeness (QED) is 0.504. The van der Waals surface area contributed by atoms with Crippen LogP contribution in [0.3, 0.4) is 0 Å². The molecule has 0 spiro atoms. The molecule has 35 heavy (non-hydrogen) atoms. The van der Waals surface area contributed by atoms with Gasteiger partial charge in [0, 0.05) is 12.5 Å². The Morgan fingerprint density at radius 1 is 1.03 bits per heavy atom. The number of carboxylic acid groups (broad SMARTS) is 1. The highest BCUT2D eigenvalue weighted by Crippen LogP contribution is 2.44. The average molecular weight is 481 g/mol. The van der Waals surface area contributed by atoms with E-state index in [1.165, 1.54) is 0 Å². The number of carbonyl (C=O) groups excluding carboxylic acids is 2. The largest absolute Gasteiger partial charge is 0.479 e. The van der Waals surface area contributed by atoms with Gasteiger partial charge in [0.05, 0.1) is 6.04 Å². The van der Waals surface area contributed by atoms with Crippen LogP contribution in [-0.4, -0.2) is 54.5 Å². The van der Waals surface area contributed by atoms with Crippen molar-refractivity contribution in [3.63, 3.8) is 0 Å². The van der Waals surface area contributed by atoms with Crippen LogP contribution < -0.4 is 10.6 Å². The van der Waals surface area contributed by atoms with Crippen molar-refractivity contribution < 1.29 is 29.0 Å². The molecule has 2 amide bonds. The number of aliphatic carboxylic acids is 1. The maximum Gasteiger partial charge on any atom is 0.407 e. The lowest BCUT2D eigenvalue weighted by molar-refractivity contribution is -0.148. The molecule has 3 atom stereocenters. The molecular formula is C27H32N2O6. The molecule has 4 rings (SSSR count). The summed E-state index contributed by atoms with van der Waals surface area (Å²) in [6.07, 6.45) is -0.221. The fourth-order valence-corrected chi connectivity index (χ4v) is 4.82. The second kappa shape index (κ2) is 10.9. The predicted octanol–water partition coefficient (Wildman–Crippen LogP) is 3.69. The van der Waals surface area contributed by atoms with Gasteiger partial charge in [0.2, 0.25) is 5.91 Å². The van der Waals surface area contributed by atoms with E-state index in [-0.39, 0.29) is 19.1 Å². The van der Waals surface area contributed by atoms with Gasteiger partial charge in [-0.1, -0.05) is 62.4 Å². The van der Waals surface area contributed by atoms with Crippen molar-refractivity contribution >= 4 is 18.0 Å². The molecule has 1 fully saturated rings. The van der Waals surface area contributed by atoms with Crippen LogP contribution in [-0.2, 0) is 19.1 Å². The van der Waals surface area contributed by atoms with E-state index in [0.717, 1.165) is 22.3 Å². The van der Waals surface area contributed by atoms with E-state index in [9.17, 15) is 19.5 Å². The predicted molar refractivity (Wildman–Crippen MR) is 130 cm³/mol. The molecule has 0 saturated carbocycles. The molecule has 0 bridgehead atoms. The first-order valence-electron chi connectivity index (χ1n) is 12.1. The Labute approximate surface area is 205 Å². The van der Waals surface area contributed by atoms with Gasteiger partial charge in [-0.25, -0.2) is 9.59 Å². The molecule has 1 aliphatic carbocycles. The second-order valence-electron chi connectivity index (χ2n) is 9.53. The minimum absolute atomic E-state index is 0.0805. The van der Waals surface area contributed by atoms with Crippen molar-refractivity contribution in [2.24, 2.45) is 5.92 Å². The molecule has 0 aromatic heterocycles. The Balaban J connectivity index is 1.40. The van der Waals surface area contributed by atoms with E-state index in [0.29, 0.717) is 25.2 Å². The zero-order chi connectivity index (χ0) is 24.9. The van der Waals surface area contributed by atoms with E-state index in [1.807, 2.05) is 50.2 Å². The monoisotopic (exact) mass is 480 g/mol. The topological polar surface area (TPSA) is 114 Å². The van der Waals surface area contributed by atoms with Gasteiger partial charge >= 0.3 is 12.1 Å². The molecule has 2 aromatic rings. The number of alkyl carbamates (subject to hydrolysis) is 1. The first kappa shape index (κ1) is 24.7. The third-order valence-electron chi connectivity index (χ3n) is 6.65. The van der Waals surface area contributed by atoms with Crippen molar-refractivity contribution in [2.45, 2.75) is 57.2 Å². The van der Waals surface area contributed by atoms with E-state index < -0.39 is 36.2 Å². The normalized spacial score (nSPS) is 19.6. The molecule has 2 aromatic carbocycles. The molecular weight excluding hydrogens is 448 g/mol. The van der Waals surface area contributed by atoms with E-state index in [4.69, 9.17) is 9.47 Å². The van der Waals surface area contributed by atoms with E-state index in [2.05, 4.69) is 22.8 Å². The summed E-state index contributed by atoms with van der Waals surface area (Å²) in [5.74, 6) is -1.30. The van der Waals surface area contributed by atoms with Gasteiger partial charge in [-0.05, 0) is 47.4 Å². The number of hydrogen-bond acceptors (Lipinski definition) is 5. The van der Waals surface area contributed by atoms with Crippen LogP contribution in [0.25, 0.3) is 11.1 Å². The Kier molecular flexibility index (Phi) is 7.70. The lowest BCUT2D eigenvalue weighted by atomic mass is 9.98. The molecule has 2 aliphatic rings. The number of fused-ring (bicyclic) bond motifs is 3. The fraction of sp³-hybridized carbons (Fsp3) is 0.444. The number of ether oxygens (including phenoxy) is 2. The van der Waals surface area contributed by atoms with Crippen LogP contribution >= 0.6 is 0 Å². The molecule has 186 valence electrons. The highest BCUT2D eigenvalue weighted by Gasteiger charge is 2.37. The van der Waals surface area contributed by atoms with Gasteiger partial charge in [-0.2, -0.15) is 0 Å². The minimum atomic E-state index is -1.11. The standard InChI is InChI=1S/C27H32N2O6/c1-16(2)11-12-23(25(30)28-22-13-14-34-24(22)26(31)32)29-27(33)35-15-21-19-9-5-3-7-17(19)18-8-4-6-10-20(18)21/h3-10,16,21-24H,11-15H2,1-2H3,(H,28,30)(H,29,33)(H,31,32). The second-order valence-corrected chi connectivity index (χ2v) is 9.53. The van der Waals surface area contributed by atoms with E-state index >= 15 is 0 Å². The van der Waals surface area contributed by atoms with Gasteiger partial charge in [0.1, 0.15) is 12.6 Å². The summed E-state index contributed by atoms with van der Waals surface area (Å²) in [6, 6.07) is 14.7. The minimum Gasteiger partial charge on any atom is -0.479 e. The number of benzene rings is 2. The highest BCUT2D eigenvalue weighted by atomic mass is 16.5. The van der Waals surface area contributed by atoms with Crippen molar-refractivity contribution in [1.82, 2.24) is 10.6 Å². The van der Waals surface area contributed by atoms with Gasteiger partial charge in [0.25, 0.3) is 0 Å². The first-order chi connectivity index (χ1) is 16.8. The Bertz CT molecular complexity index is 1040. The van der Waals surface area contributed by atoms with Crippen LogP contribution in [0.5, 0.6) is 0 Å². The third-order valence-corrected chi connectivity index (χ3v) is 6.65. The molecule has 8 heteroatoms. The van der Waals surface area contributed by atoms with Crippen LogP contribution in [0.4, 0.5) is 4.79 Å². The van der Waals surface area contributed by atoms with Gasteiger partial charge in [-0.15, -0.1) is 0 Å². The SMILES string of the molecule is CC(C)CCC(NC(=O)OCC1c2ccccc2-c2ccccc21)C(=O)NC1CCOC1C(=O)O. The number of hydrogen-bond donors (Lipinski definition) is 3. The number of carbonyl (C=O) groups is 3. The number of carboxylic acids is 1. The zero-order valence-corrected chi connectivity index (χ0v) is 20.0. The van der Waals surface area contributed by atoms with Crippen LogP contribution in [0.15, 0.2) is 48.5 Å². The summed E-state index contributed by atoms with van der Waals surface area (Å²) in [5.41, 5.74) is 4.49. The maximum absolute atomic E-state index is 13.0. The van der Waals surface area contributed by atoms with Crippen molar-refractivity contribution in [2.75, 3.05) is 13.2 Å². The molecule has 1 saturated heterocycles. The lowest BCUT2D eigenvalue weighted by Crippen LogP contribution is -2.52. The first-order valence-corrected chi connectivity index (χ1v) is 12.1. The fourth-order valence-electron chi connectivity index (χ4n) is 4.82. The lowest BCUT2D eigenvalue weighted by Gasteiger charge is -2.23. The summed E-state index contributed by atoms with van der Waals surface area (Å²) < 4.78 is 10.8. The summed E-state index contributed by atoms with van der Waals surface area (Å²) in [7, 11) is 0. The molecule has 1 heterocycles. The molecule has 1 aliphatic heterocycles. The molecule has 3 N–H and O–H groups in total. The van der Waals surface area contributed by atoms with Gasteiger partial charge < -0.3 is 25.2 Å². The smallest absolute Gasteiger partial charge is 0.407 e. The summed E-state index contributed by atoms with van der Waals surface area (Å²) in [5, 5.41) is 14.8. The Morgan fingerprint density at radius 3 is 2.26 bits per heavy atom. The molecule has 8 nitrogen and oxygen atoms in total. The van der Waals surface area contributed by atoms with Gasteiger partial charge in [0.15, 0.2) is 6.10 Å². The van der Waals surface area contributed by atoms with Crippen molar-refractivity contribution in [3.8, 4) is 11.1 Å². The molecule has 0 radical (unpaired) electrons. The maximum atomic E-state index is 13.0. The van der Waals surface area contributed by atoms with Crippen molar-refractivity contribution in [1.29, 1.82) is 0 Å². The zero-order valence-electron chi connectivity index (χ0n) is 20.0. The number of nitrogens with one attached hydrogen (secondary N) is 2. The third kappa shape index (κ3) is 5.65. The summed E-state index contributed by atoms with van der Waals surface area (Å²) in [6.45, 7) is 4.48. The van der Waals surface area contributed by atoms with E-state index in [1.54, 1.807) is 0 Å². The number of rotatable bonds is 9. The Morgan fingerprint density at radius 2 is 1.66 bits per heavy atom.